The van der Waals surface area contributed by atoms with Gasteiger partial charge in [-0.2, -0.15) is 0 Å². The molecule has 2 heterocycles. The second kappa shape index (κ2) is 8.05. The Kier molecular flexibility index (Phi) is 5.56. The number of hydrogen-bond donors (Lipinski definition) is 4. The molecule has 4 N–H and O–H groups in total. The van der Waals surface area contributed by atoms with E-state index in [1.807, 2.05) is 7.05 Å². The fraction of sp³-hybridized carbons (Fsp3) is 0.316. The third-order valence-corrected chi connectivity index (χ3v) is 4.60. The molecular weight excluding hydrogens is 344 g/mol. The highest BCUT2D eigenvalue weighted by atomic mass is 16.3. The molecule has 1 aromatic heterocycles. The summed E-state index contributed by atoms with van der Waals surface area (Å²) in [4.78, 5) is 23.2. The first-order valence-corrected chi connectivity index (χ1v) is 8.77. The molecule has 1 aliphatic rings. The van der Waals surface area contributed by atoms with Gasteiger partial charge in [0.15, 0.2) is 0 Å². The van der Waals surface area contributed by atoms with Crippen molar-refractivity contribution in [3.05, 3.63) is 40.7 Å². The number of benzene rings is 1. The van der Waals surface area contributed by atoms with E-state index in [0.29, 0.717) is 11.3 Å². The summed E-state index contributed by atoms with van der Waals surface area (Å²) < 4.78 is 0. The second-order valence-electron chi connectivity index (χ2n) is 6.44. The standard InChI is InChI=1S/C19H24N6O2/c1-12-6-17(26)15(7-13(12)8-20-2)24-19(27)16-9-23-18(10-22-16)25-5-4-14(11-25)21-3/h6-10,14,20-21,26H,1,4-5,11H2,2-3H3,(H,24,27)/b13-8-/t14-/m1/s1. The lowest BCUT2D eigenvalue weighted by atomic mass is 10.2. The van der Waals surface area contributed by atoms with E-state index in [9.17, 15) is 9.90 Å². The van der Waals surface area contributed by atoms with E-state index in [-0.39, 0.29) is 17.1 Å². The zero-order valence-corrected chi connectivity index (χ0v) is 15.5. The molecule has 0 saturated carbocycles. The molecule has 3 rings (SSSR count). The molecule has 1 aromatic carbocycles. The molecule has 1 fully saturated rings. The van der Waals surface area contributed by atoms with Crippen LogP contribution in [0, 0.1) is 0 Å². The van der Waals surface area contributed by atoms with Gasteiger partial charge >= 0.3 is 0 Å². The Morgan fingerprint density at radius 3 is 2.78 bits per heavy atom. The maximum Gasteiger partial charge on any atom is 0.275 e. The van der Waals surface area contributed by atoms with Crippen LogP contribution in [0.3, 0.4) is 0 Å². The average molecular weight is 368 g/mol. The number of anilines is 2. The summed E-state index contributed by atoms with van der Waals surface area (Å²) in [6.45, 7) is 5.63. The minimum atomic E-state index is -0.439. The van der Waals surface area contributed by atoms with Gasteiger partial charge in [0.05, 0.1) is 18.1 Å². The number of hydrogen-bond acceptors (Lipinski definition) is 7. The van der Waals surface area contributed by atoms with E-state index in [1.54, 1.807) is 25.5 Å². The van der Waals surface area contributed by atoms with Crippen LogP contribution in [0.25, 0.3) is 12.8 Å². The minimum absolute atomic E-state index is 0.0543. The first-order chi connectivity index (χ1) is 13.0. The van der Waals surface area contributed by atoms with Crippen LogP contribution in [0.5, 0.6) is 5.75 Å². The van der Waals surface area contributed by atoms with E-state index in [0.717, 1.165) is 30.5 Å². The zero-order chi connectivity index (χ0) is 19.4. The summed E-state index contributed by atoms with van der Waals surface area (Å²) in [5.41, 5.74) is 0.469. The molecule has 0 spiro atoms. The third kappa shape index (κ3) is 4.17. The van der Waals surface area contributed by atoms with Crippen molar-refractivity contribution in [2.45, 2.75) is 12.5 Å². The molecule has 0 aliphatic carbocycles. The number of aromatic nitrogens is 2. The molecule has 1 amide bonds. The van der Waals surface area contributed by atoms with E-state index >= 15 is 0 Å². The van der Waals surface area contributed by atoms with Crippen molar-refractivity contribution in [1.82, 2.24) is 20.6 Å². The number of phenolic OH excluding ortho intramolecular Hbond substituents is 1. The van der Waals surface area contributed by atoms with Crippen molar-refractivity contribution in [2.24, 2.45) is 0 Å². The minimum Gasteiger partial charge on any atom is -0.506 e. The maximum absolute atomic E-state index is 12.5. The highest BCUT2D eigenvalue weighted by Crippen LogP contribution is 2.20. The first-order valence-electron chi connectivity index (χ1n) is 8.77. The van der Waals surface area contributed by atoms with Crippen LogP contribution in [-0.4, -0.2) is 54.2 Å². The summed E-state index contributed by atoms with van der Waals surface area (Å²) >= 11 is 0. The third-order valence-electron chi connectivity index (χ3n) is 4.60. The molecule has 2 aromatic rings. The molecular formula is C19H24N6O2. The smallest absolute Gasteiger partial charge is 0.275 e. The van der Waals surface area contributed by atoms with E-state index in [4.69, 9.17) is 0 Å². The number of nitrogens with zero attached hydrogens (tertiary/aromatic N) is 3. The summed E-state index contributed by atoms with van der Waals surface area (Å²) in [5.74, 6) is 0.256. The monoisotopic (exact) mass is 368 g/mol. The van der Waals surface area contributed by atoms with E-state index < -0.39 is 5.91 Å². The number of aromatic hydroxyl groups is 1. The van der Waals surface area contributed by atoms with Crippen LogP contribution in [0.1, 0.15) is 16.9 Å². The Hall–Kier alpha value is -3.13. The fourth-order valence-corrected chi connectivity index (χ4v) is 3.03. The fourth-order valence-electron chi connectivity index (χ4n) is 3.03. The van der Waals surface area contributed by atoms with Gasteiger partial charge in [-0.3, -0.25) is 4.79 Å². The summed E-state index contributed by atoms with van der Waals surface area (Å²) in [6.07, 6.45) is 5.84. The maximum atomic E-state index is 12.5. The Morgan fingerprint density at radius 1 is 1.33 bits per heavy atom. The summed E-state index contributed by atoms with van der Waals surface area (Å²) in [5, 5.41) is 20.3. The molecule has 1 aliphatic heterocycles. The molecule has 1 atom stereocenters. The van der Waals surface area contributed by atoms with Crippen molar-refractivity contribution in [1.29, 1.82) is 0 Å². The van der Waals surface area contributed by atoms with Gasteiger partial charge in [-0.15, -0.1) is 0 Å². The van der Waals surface area contributed by atoms with Gasteiger partial charge in [0.1, 0.15) is 17.3 Å². The average Bonchev–Trinajstić information content (AvgIpc) is 3.15. The van der Waals surface area contributed by atoms with Crippen LogP contribution in [-0.2, 0) is 0 Å². The molecule has 8 nitrogen and oxygen atoms in total. The zero-order valence-electron chi connectivity index (χ0n) is 15.5. The molecule has 0 radical (unpaired) electrons. The number of carbonyl (C=O) groups excluding carboxylic acids is 1. The van der Waals surface area contributed by atoms with Crippen molar-refractivity contribution in [2.75, 3.05) is 37.4 Å². The first kappa shape index (κ1) is 18.7. The molecule has 0 unspecified atom stereocenters. The van der Waals surface area contributed by atoms with Crippen LogP contribution in [0.15, 0.2) is 24.5 Å². The van der Waals surface area contributed by atoms with Crippen LogP contribution < -0.4 is 31.3 Å². The highest BCUT2D eigenvalue weighted by molar-refractivity contribution is 6.03. The molecule has 8 heteroatoms. The second-order valence-corrected chi connectivity index (χ2v) is 6.44. The number of rotatable bonds is 5. The number of nitrogens with one attached hydrogen (secondary N) is 3. The normalized spacial score (nSPS) is 17.2. The van der Waals surface area contributed by atoms with Gasteiger partial charge in [0.2, 0.25) is 0 Å². The van der Waals surface area contributed by atoms with Gasteiger partial charge in [-0.1, -0.05) is 6.58 Å². The number of phenols is 1. The number of carbonyl (C=O) groups is 1. The quantitative estimate of drug-likeness (QED) is 0.533. The van der Waals surface area contributed by atoms with Gasteiger partial charge in [0, 0.05) is 32.4 Å². The van der Waals surface area contributed by atoms with Crippen molar-refractivity contribution in [3.8, 4) is 5.75 Å². The number of amides is 1. The Morgan fingerprint density at radius 2 is 2.15 bits per heavy atom. The van der Waals surface area contributed by atoms with Crippen molar-refractivity contribution < 1.29 is 9.90 Å². The van der Waals surface area contributed by atoms with Crippen LogP contribution >= 0.6 is 0 Å². The molecule has 1 saturated heterocycles. The van der Waals surface area contributed by atoms with Gasteiger partial charge in [0.25, 0.3) is 5.91 Å². The van der Waals surface area contributed by atoms with Crippen molar-refractivity contribution >= 4 is 30.2 Å². The van der Waals surface area contributed by atoms with E-state index in [2.05, 4.69) is 37.4 Å². The summed E-state index contributed by atoms with van der Waals surface area (Å²) in [7, 11) is 3.71. The largest absolute Gasteiger partial charge is 0.506 e. The van der Waals surface area contributed by atoms with Gasteiger partial charge in [-0.05, 0) is 36.0 Å². The van der Waals surface area contributed by atoms with Gasteiger partial charge in [-0.25, -0.2) is 9.97 Å². The van der Waals surface area contributed by atoms with Crippen molar-refractivity contribution in [3.63, 3.8) is 0 Å². The molecule has 27 heavy (non-hydrogen) atoms. The van der Waals surface area contributed by atoms with Crippen LogP contribution in [0.2, 0.25) is 0 Å². The lowest BCUT2D eigenvalue weighted by molar-refractivity contribution is 0.102. The Bertz CT molecular complexity index is 928. The molecule has 0 bridgehead atoms. The van der Waals surface area contributed by atoms with E-state index in [1.165, 1.54) is 12.3 Å². The van der Waals surface area contributed by atoms with Crippen LogP contribution in [0.4, 0.5) is 11.5 Å². The SMILES string of the molecule is C=c1cc(O)c(NC(=O)c2cnc(N3CC[C@@H](NC)C3)cn2)c/c1=C/NC. The molecule has 142 valence electrons. The highest BCUT2D eigenvalue weighted by Gasteiger charge is 2.22. The predicted octanol–water partition coefficient (Wildman–Crippen LogP) is -0.400. The summed E-state index contributed by atoms with van der Waals surface area (Å²) in [6, 6.07) is 3.59. The Labute approximate surface area is 157 Å². The predicted molar refractivity (Wildman–Crippen MR) is 106 cm³/mol. The van der Waals surface area contributed by atoms with Gasteiger partial charge < -0.3 is 26.0 Å². The number of likely N-dealkylation sites (N-methyl/N-ethyl adjacent to an activating group) is 1. The lowest BCUT2D eigenvalue weighted by Gasteiger charge is -2.17. The lowest BCUT2D eigenvalue weighted by Crippen LogP contribution is -2.30. The topological polar surface area (TPSA) is 102 Å². The Balaban J connectivity index is 1.74.